The van der Waals surface area contributed by atoms with Crippen molar-refractivity contribution in [2.24, 2.45) is 0 Å². The number of rotatable bonds is 4. The van der Waals surface area contributed by atoms with E-state index in [1.807, 2.05) is 28.9 Å². The maximum Gasteiger partial charge on any atom is 0.0708 e. The smallest absolute Gasteiger partial charge is 0.0708 e. The highest BCUT2D eigenvalue weighted by molar-refractivity contribution is 7.26. The highest BCUT2D eigenvalue weighted by atomic mass is 32.1. The van der Waals surface area contributed by atoms with Crippen molar-refractivity contribution in [3.8, 4) is 11.3 Å². The number of pyridine rings is 1. The highest BCUT2D eigenvalue weighted by Gasteiger charge is 2.16. The molecule has 0 spiro atoms. The predicted octanol–water partition coefficient (Wildman–Crippen LogP) is 14.4. The monoisotopic (exact) mass is 684 g/mol. The van der Waals surface area contributed by atoms with Gasteiger partial charge in [0.2, 0.25) is 0 Å². The van der Waals surface area contributed by atoms with Gasteiger partial charge in [0.25, 0.3) is 0 Å². The fraction of sp³-hybridized carbons (Fsp3) is 0. The standard InChI is InChI=1S/C47H28N2S2/c1-2-8-33-28-48-43(25-30(33)7-1)29-13-17-36(18-14-29)49(37-19-15-31-23-41-39-9-3-5-11-44(39)50-46(41)26-34(31)21-37)38-20-16-32-24-42-40-10-4-6-12-45(40)51-47(42)27-35(32)22-38/h1-28H. The van der Waals surface area contributed by atoms with Gasteiger partial charge in [-0.2, -0.15) is 0 Å². The van der Waals surface area contributed by atoms with E-state index in [-0.39, 0.29) is 0 Å². The first-order chi connectivity index (χ1) is 25.2. The van der Waals surface area contributed by atoms with E-state index in [1.54, 1.807) is 0 Å². The Kier molecular flexibility index (Phi) is 6.32. The van der Waals surface area contributed by atoms with Gasteiger partial charge in [0, 0.05) is 74.6 Å². The van der Waals surface area contributed by atoms with Gasteiger partial charge in [-0.15, -0.1) is 22.7 Å². The van der Waals surface area contributed by atoms with Crippen molar-refractivity contribution < 1.29 is 0 Å². The summed E-state index contributed by atoms with van der Waals surface area (Å²) in [5.41, 5.74) is 5.43. The minimum atomic E-state index is 0.975. The van der Waals surface area contributed by atoms with Gasteiger partial charge in [-0.1, -0.05) is 84.9 Å². The molecule has 0 amide bonds. The van der Waals surface area contributed by atoms with E-state index in [0.717, 1.165) is 33.7 Å². The molecule has 51 heavy (non-hydrogen) atoms. The Labute approximate surface area is 302 Å². The van der Waals surface area contributed by atoms with Crippen LogP contribution in [0.5, 0.6) is 0 Å². The Morgan fingerprint density at radius 3 is 1.47 bits per heavy atom. The molecular weight excluding hydrogens is 657 g/mol. The van der Waals surface area contributed by atoms with E-state index in [2.05, 4.69) is 169 Å². The van der Waals surface area contributed by atoms with Crippen molar-refractivity contribution in [2.75, 3.05) is 4.90 Å². The first-order valence-corrected chi connectivity index (χ1v) is 18.8. The molecule has 11 rings (SSSR count). The molecule has 11 aromatic rings. The maximum absolute atomic E-state index is 4.81. The first kappa shape index (κ1) is 28.7. The third kappa shape index (κ3) is 4.72. The quantitative estimate of drug-likeness (QED) is 0.183. The number of fused-ring (bicyclic) bond motifs is 9. The van der Waals surface area contributed by atoms with Crippen molar-refractivity contribution in [3.05, 3.63) is 170 Å². The fourth-order valence-corrected chi connectivity index (χ4v) is 9.93. The number of hydrogen-bond acceptors (Lipinski definition) is 4. The third-order valence-corrected chi connectivity index (χ3v) is 12.5. The van der Waals surface area contributed by atoms with Crippen LogP contribution in [0.1, 0.15) is 0 Å². The molecule has 8 aromatic carbocycles. The van der Waals surface area contributed by atoms with Gasteiger partial charge in [-0.25, -0.2) is 0 Å². The minimum absolute atomic E-state index is 0.975. The molecule has 2 nitrogen and oxygen atoms in total. The Balaban J connectivity index is 1.07. The van der Waals surface area contributed by atoms with E-state index >= 15 is 0 Å². The molecule has 238 valence electrons. The molecule has 0 aliphatic heterocycles. The molecule has 3 aromatic heterocycles. The molecule has 4 heteroatoms. The summed E-state index contributed by atoms with van der Waals surface area (Å²) in [5, 5.41) is 12.6. The van der Waals surface area contributed by atoms with Crippen molar-refractivity contribution in [1.29, 1.82) is 0 Å². The van der Waals surface area contributed by atoms with Gasteiger partial charge in [-0.3, -0.25) is 4.98 Å². The molecule has 0 N–H and O–H groups in total. The summed E-state index contributed by atoms with van der Waals surface area (Å²) in [6, 6.07) is 60.1. The SMILES string of the molecule is c1ccc2cc(-c3ccc(N(c4ccc5cc6c(cc5c4)sc4ccccc46)c4ccc5cc6c(cc5c4)sc4ccccc46)cc3)ncc2c1. The second-order valence-electron chi connectivity index (χ2n) is 13.3. The predicted molar refractivity (Wildman–Crippen MR) is 223 cm³/mol. The Morgan fingerprint density at radius 1 is 0.353 bits per heavy atom. The van der Waals surface area contributed by atoms with Crippen LogP contribution in [-0.4, -0.2) is 4.98 Å². The second-order valence-corrected chi connectivity index (χ2v) is 15.4. The van der Waals surface area contributed by atoms with Crippen LogP contribution in [0.4, 0.5) is 17.1 Å². The lowest BCUT2D eigenvalue weighted by molar-refractivity contribution is 1.29. The highest BCUT2D eigenvalue weighted by Crippen LogP contribution is 2.42. The number of nitrogens with zero attached hydrogens (tertiary/aromatic N) is 2. The van der Waals surface area contributed by atoms with Crippen molar-refractivity contribution in [3.63, 3.8) is 0 Å². The molecule has 0 radical (unpaired) electrons. The Hall–Kier alpha value is -6.07. The van der Waals surface area contributed by atoms with Crippen molar-refractivity contribution in [1.82, 2.24) is 4.98 Å². The molecule has 0 atom stereocenters. The number of thiophene rings is 2. The molecule has 0 aliphatic rings. The van der Waals surface area contributed by atoms with Crippen LogP contribution >= 0.6 is 22.7 Å². The van der Waals surface area contributed by atoms with Gasteiger partial charge in [0.15, 0.2) is 0 Å². The van der Waals surface area contributed by atoms with E-state index in [0.29, 0.717) is 0 Å². The summed E-state index contributed by atoms with van der Waals surface area (Å²) < 4.78 is 5.29. The second kappa shape index (κ2) is 11.2. The minimum Gasteiger partial charge on any atom is -0.310 e. The number of benzene rings is 8. The topological polar surface area (TPSA) is 16.1 Å². The molecule has 0 saturated heterocycles. The van der Waals surface area contributed by atoms with E-state index in [9.17, 15) is 0 Å². The average molecular weight is 685 g/mol. The molecule has 0 bridgehead atoms. The van der Waals surface area contributed by atoms with Gasteiger partial charge < -0.3 is 4.90 Å². The number of aromatic nitrogens is 1. The lowest BCUT2D eigenvalue weighted by Gasteiger charge is -2.26. The number of hydrogen-bond donors (Lipinski definition) is 0. The summed E-state index contributed by atoms with van der Waals surface area (Å²) in [4.78, 5) is 7.20. The van der Waals surface area contributed by atoms with Crippen molar-refractivity contribution >= 4 is 112 Å². The van der Waals surface area contributed by atoms with Crippen LogP contribution in [0, 0.1) is 0 Å². The molecule has 0 saturated carbocycles. The van der Waals surface area contributed by atoms with E-state index < -0.39 is 0 Å². The zero-order valence-corrected chi connectivity index (χ0v) is 29.0. The van der Waals surface area contributed by atoms with Gasteiger partial charge >= 0.3 is 0 Å². The van der Waals surface area contributed by atoms with Gasteiger partial charge in [0.05, 0.1) is 5.69 Å². The van der Waals surface area contributed by atoms with Crippen LogP contribution in [-0.2, 0) is 0 Å². The number of anilines is 3. The normalized spacial score (nSPS) is 11.9. The Morgan fingerprint density at radius 2 is 0.863 bits per heavy atom. The van der Waals surface area contributed by atoms with E-state index in [4.69, 9.17) is 4.98 Å². The summed E-state index contributed by atoms with van der Waals surface area (Å²) >= 11 is 3.74. The molecule has 0 unspecified atom stereocenters. The lowest BCUT2D eigenvalue weighted by Crippen LogP contribution is -2.10. The average Bonchev–Trinajstić information content (AvgIpc) is 3.73. The third-order valence-electron chi connectivity index (χ3n) is 10.2. The summed E-state index contributed by atoms with van der Waals surface area (Å²) in [6.45, 7) is 0. The van der Waals surface area contributed by atoms with Crippen LogP contribution in [0.2, 0.25) is 0 Å². The largest absolute Gasteiger partial charge is 0.310 e. The first-order valence-electron chi connectivity index (χ1n) is 17.2. The fourth-order valence-electron chi connectivity index (χ4n) is 7.66. The molecule has 0 fully saturated rings. The zero-order chi connectivity index (χ0) is 33.5. The summed E-state index contributed by atoms with van der Waals surface area (Å²) in [5.74, 6) is 0. The van der Waals surface area contributed by atoms with Crippen LogP contribution in [0.25, 0.3) is 83.9 Å². The van der Waals surface area contributed by atoms with Crippen molar-refractivity contribution in [2.45, 2.75) is 0 Å². The van der Waals surface area contributed by atoms with Crippen LogP contribution < -0.4 is 4.90 Å². The zero-order valence-electron chi connectivity index (χ0n) is 27.4. The van der Waals surface area contributed by atoms with Crippen LogP contribution in [0.3, 0.4) is 0 Å². The molecular formula is C47H28N2S2. The summed E-state index contributed by atoms with van der Waals surface area (Å²) in [6.07, 6.45) is 1.97. The van der Waals surface area contributed by atoms with Gasteiger partial charge in [-0.05, 0) is 106 Å². The van der Waals surface area contributed by atoms with E-state index in [1.165, 1.54) is 67.3 Å². The summed E-state index contributed by atoms with van der Waals surface area (Å²) in [7, 11) is 0. The van der Waals surface area contributed by atoms with Crippen LogP contribution in [0.15, 0.2) is 170 Å². The molecule has 3 heterocycles. The molecule has 0 aliphatic carbocycles. The van der Waals surface area contributed by atoms with Gasteiger partial charge in [0.1, 0.15) is 0 Å². The maximum atomic E-state index is 4.81. The lowest BCUT2D eigenvalue weighted by atomic mass is 10.0. The Bertz CT molecular complexity index is 3000.